The molecule has 0 saturated carbocycles. The number of pyridine rings is 1. The van der Waals surface area contributed by atoms with E-state index in [0.717, 1.165) is 5.69 Å². The highest BCUT2D eigenvalue weighted by molar-refractivity contribution is 7.14. The Kier molecular flexibility index (Phi) is 3.91. The smallest absolute Gasteiger partial charge is 0.338 e. The van der Waals surface area contributed by atoms with Gasteiger partial charge in [0.1, 0.15) is 0 Å². The molecule has 0 fully saturated rings. The molecular weight excluding hydrogens is 264 g/mol. The predicted molar refractivity (Wildman–Crippen MR) is 72.6 cm³/mol. The van der Waals surface area contributed by atoms with Crippen molar-refractivity contribution < 1.29 is 14.3 Å². The van der Waals surface area contributed by atoms with E-state index in [2.05, 4.69) is 15.0 Å². The third-order valence-corrected chi connectivity index (χ3v) is 3.28. The SMILES string of the molecule is COC(=O)c1csc(NC(=O)c2ccc(C)nc2)c1. The Morgan fingerprint density at radius 3 is 2.74 bits per heavy atom. The number of hydrogen-bond acceptors (Lipinski definition) is 5. The number of methoxy groups -OCH3 is 1. The first-order valence-electron chi connectivity index (χ1n) is 5.51. The largest absolute Gasteiger partial charge is 0.465 e. The number of rotatable bonds is 3. The summed E-state index contributed by atoms with van der Waals surface area (Å²) in [5.74, 6) is -0.681. The van der Waals surface area contributed by atoms with Crippen LogP contribution in [-0.2, 0) is 4.74 Å². The molecule has 0 saturated heterocycles. The van der Waals surface area contributed by atoms with Crippen molar-refractivity contribution in [2.45, 2.75) is 6.92 Å². The van der Waals surface area contributed by atoms with Crippen molar-refractivity contribution in [3.05, 3.63) is 46.6 Å². The first-order valence-corrected chi connectivity index (χ1v) is 6.39. The van der Waals surface area contributed by atoms with Crippen molar-refractivity contribution in [2.75, 3.05) is 12.4 Å². The highest BCUT2D eigenvalue weighted by Gasteiger charge is 2.11. The van der Waals surface area contributed by atoms with E-state index in [1.807, 2.05) is 6.92 Å². The topological polar surface area (TPSA) is 68.3 Å². The number of thiophene rings is 1. The predicted octanol–water partition coefficient (Wildman–Crippen LogP) is 2.49. The van der Waals surface area contributed by atoms with E-state index >= 15 is 0 Å². The van der Waals surface area contributed by atoms with Crippen LogP contribution in [0, 0.1) is 6.92 Å². The minimum absolute atomic E-state index is 0.259. The first kappa shape index (κ1) is 13.2. The zero-order valence-electron chi connectivity index (χ0n) is 10.5. The number of nitrogens with one attached hydrogen (secondary N) is 1. The Morgan fingerprint density at radius 2 is 2.11 bits per heavy atom. The van der Waals surface area contributed by atoms with Crippen LogP contribution in [-0.4, -0.2) is 24.0 Å². The standard InChI is InChI=1S/C13H12N2O3S/c1-8-3-4-9(6-14-8)12(16)15-11-5-10(7-19-11)13(17)18-2/h3-7H,1-2H3,(H,15,16). The van der Waals surface area contributed by atoms with Gasteiger partial charge in [-0.1, -0.05) is 0 Å². The second kappa shape index (κ2) is 5.62. The average Bonchev–Trinajstić information content (AvgIpc) is 2.87. The second-order valence-electron chi connectivity index (χ2n) is 3.83. The van der Waals surface area contributed by atoms with Crippen LogP contribution in [0.2, 0.25) is 0 Å². The molecule has 2 rings (SSSR count). The fourth-order valence-corrected chi connectivity index (χ4v) is 2.18. The molecule has 0 aromatic carbocycles. The van der Waals surface area contributed by atoms with E-state index in [0.29, 0.717) is 16.1 Å². The lowest BCUT2D eigenvalue weighted by Gasteiger charge is -2.02. The third-order valence-electron chi connectivity index (χ3n) is 2.43. The molecule has 2 heterocycles. The molecule has 0 unspecified atom stereocenters. The Labute approximate surface area is 114 Å². The lowest BCUT2D eigenvalue weighted by Crippen LogP contribution is -2.11. The highest BCUT2D eigenvalue weighted by Crippen LogP contribution is 2.21. The molecule has 6 heteroatoms. The van der Waals surface area contributed by atoms with Crippen molar-refractivity contribution in [1.82, 2.24) is 4.98 Å². The summed E-state index contributed by atoms with van der Waals surface area (Å²) < 4.78 is 4.60. The normalized spacial score (nSPS) is 10.0. The Bertz CT molecular complexity index is 605. The van der Waals surface area contributed by atoms with E-state index < -0.39 is 5.97 Å². The molecule has 0 spiro atoms. The second-order valence-corrected chi connectivity index (χ2v) is 4.74. The van der Waals surface area contributed by atoms with E-state index in [9.17, 15) is 9.59 Å². The zero-order valence-corrected chi connectivity index (χ0v) is 11.3. The summed E-state index contributed by atoms with van der Waals surface area (Å²) in [7, 11) is 1.32. The van der Waals surface area contributed by atoms with Crippen LogP contribution in [0.5, 0.6) is 0 Å². The highest BCUT2D eigenvalue weighted by atomic mass is 32.1. The maximum Gasteiger partial charge on any atom is 0.338 e. The van der Waals surface area contributed by atoms with Gasteiger partial charge in [-0.2, -0.15) is 0 Å². The van der Waals surface area contributed by atoms with E-state index in [-0.39, 0.29) is 5.91 Å². The Hall–Kier alpha value is -2.21. The van der Waals surface area contributed by atoms with Crippen LogP contribution in [0.1, 0.15) is 26.4 Å². The van der Waals surface area contributed by atoms with Crippen LogP contribution in [0.4, 0.5) is 5.00 Å². The van der Waals surface area contributed by atoms with Crippen LogP contribution in [0.15, 0.2) is 29.8 Å². The molecule has 1 amide bonds. The van der Waals surface area contributed by atoms with Gasteiger partial charge >= 0.3 is 5.97 Å². The number of ether oxygens (including phenoxy) is 1. The molecule has 0 aliphatic rings. The fraction of sp³-hybridized carbons (Fsp3) is 0.154. The van der Waals surface area contributed by atoms with E-state index in [4.69, 9.17) is 0 Å². The number of anilines is 1. The summed E-state index contributed by atoms with van der Waals surface area (Å²) >= 11 is 1.27. The van der Waals surface area contributed by atoms with Crippen molar-refractivity contribution in [2.24, 2.45) is 0 Å². The lowest BCUT2D eigenvalue weighted by molar-refractivity contribution is 0.0601. The third kappa shape index (κ3) is 3.17. The minimum Gasteiger partial charge on any atom is -0.465 e. The van der Waals surface area contributed by atoms with Gasteiger partial charge in [-0.15, -0.1) is 11.3 Å². The number of aromatic nitrogens is 1. The van der Waals surface area contributed by atoms with E-state index in [1.165, 1.54) is 24.6 Å². The summed E-state index contributed by atoms with van der Waals surface area (Å²) in [6, 6.07) is 5.05. The Balaban J connectivity index is 2.08. The van der Waals surface area contributed by atoms with Crippen LogP contribution >= 0.6 is 11.3 Å². The van der Waals surface area contributed by atoms with Crippen LogP contribution in [0.3, 0.4) is 0 Å². The summed E-state index contributed by atoms with van der Waals surface area (Å²) in [6.07, 6.45) is 1.51. The van der Waals surface area contributed by atoms with Crippen molar-refractivity contribution in [3.63, 3.8) is 0 Å². The molecule has 0 aliphatic carbocycles. The van der Waals surface area contributed by atoms with Crippen molar-refractivity contribution in [1.29, 1.82) is 0 Å². The molecule has 2 aromatic heterocycles. The first-order chi connectivity index (χ1) is 9.10. The lowest BCUT2D eigenvalue weighted by atomic mass is 10.2. The van der Waals surface area contributed by atoms with Crippen molar-refractivity contribution in [3.8, 4) is 0 Å². The molecule has 0 radical (unpaired) electrons. The Morgan fingerprint density at radius 1 is 1.32 bits per heavy atom. The van der Waals surface area contributed by atoms with E-state index in [1.54, 1.807) is 23.6 Å². The van der Waals surface area contributed by atoms with Gasteiger partial charge in [0.25, 0.3) is 5.91 Å². The monoisotopic (exact) mass is 276 g/mol. The number of nitrogens with zero attached hydrogens (tertiary/aromatic N) is 1. The van der Waals surface area contributed by atoms with Gasteiger partial charge in [0.2, 0.25) is 0 Å². The molecule has 5 nitrogen and oxygen atoms in total. The van der Waals surface area contributed by atoms with Crippen LogP contribution in [0.25, 0.3) is 0 Å². The molecule has 98 valence electrons. The molecular formula is C13H12N2O3S. The number of aryl methyl sites for hydroxylation is 1. The summed E-state index contributed by atoms with van der Waals surface area (Å²) in [4.78, 5) is 27.3. The summed E-state index contributed by atoms with van der Waals surface area (Å²) in [6.45, 7) is 1.85. The number of carbonyl (C=O) groups excluding carboxylic acids is 2. The molecule has 0 bridgehead atoms. The number of amides is 1. The van der Waals surface area contributed by atoms with Crippen molar-refractivity contribution >= 4 is 28.2 Å². The molecule has 0 atom stereocenters. The zero-order chi connectivity index (χ0) is 13.8. The number of carbonyl (C=O) groups is 2. The maximum atomic E-state index is 11.9. The van der Waals surface area contributed by atoms with Gasteiger partial charge in [-0.3, -0.25) is 9.78 Å². The molecule has 2 aromatic rings. The summed E-state index contributed by atoms with van der Waals surface area (Å²) in [5, 5.41) is 4.93. The van der Waals surface area contributed by atoms with Gasteiger partial charge < -0.3 is 10.1 Å². The summed E-state index contributed by atoms with van der Waals surface area (Å²) in [5.41, 5.74) is 1.74. The number of hydrogen-bond donors (Lipinski definition) is 1. The molecule has 1 N–H and O–H groups in total. The minimum atomic E-state index is -0.422. The van der Waals surface area contributed by atoms with Gasteiger partial charge in [0, 0.05) is 17.3 Å². The number of esters is 1. The van der Waals surface area contributed by atoms with Gasteiger partial charge in [-0.25, -0.2) is 4.79 Å². The molecule has 19 heavy (non-hydrogen) atoms. The molecule has 0 aliphatic heterocycles. The fourth-order valence-electron chi connectivity index (χ4n) is 1.41. The van der Waals surface area contributed by atoms with Crippen LogP contribution < -0.4 is 5.32 Å². The van der Waals surface area contributed by atoms with Gasteiger partial charge in [0.05, 0.1) is 23.2 Å². The maximum absolute atomic E-state index is 11.9. The average molecular weight is 276 g/mol. The quantitative estimate of drug-likeness (QED) is 0.874. The van der Waals surface area contributed by atoms with Gasteiger partial charge in [-0.05, 0) is 25.1 Å². The van der Waals surface area contributed by atoms with Gasteiger partial charge in [0.15, 0.2) is 0 Å².